The molecule has 0 unspecified atom stereocenters. The van der Waals surface area contributed by atoms with E-state index >= 15 is 0 Å². The van der Waals surface area contributed by atoms with Crippen LogP contribution in [0, 0.1) is 0 Å². The standard InChI is InChI=1S/C12H13NO2.ClH/c1-14-12-7-9(8-13)4-5-10(12)11-3-2-6-15-11;/h2-7H,8,13H2,1H3;1H. The molecule has 3 nitrogen and oxygen atoms in total. The molecule has 0 aliphatic carbocycles. The Morgan fingerprint density at radius 3 is 2.69 bits per heavy atom. The summed E-state index contributed by atoms with van der Waals surface area (Å²) in [6.07, 6.45) is 1.64. The molecule has 0 atom stereocenters. The Kier molecular flexibility index (Phi) is 4.40. The predicted octanol–water partition coefficient (Wildman–Crippen LogP) is 2.84. The summed E-state index contributed by atoms with van der Waals surface area (Å²) in [5.41, 5.74) is 7.55. The van der Waals surface area contributed by atoms with E-state index in [9.17, 15) is 0 Å². The molecular weight excluding hydrogens is 226 g/mol. The van der Waals surface area contributed by atoms with Crippen LogP contribution in [0.3, 0.4) is 0 Å². The first-order valence-electron chi connectivity index (χ1n) is 4.76. The Labute approximate surface area is 101 Å². The molecule has 0 amide bonds. The van der Waals surface area contributed by atoms with Gasteiger partial charge in [-0.15, -0.1) is 12.4 Å². The van der Waals surface area contributed by atoms with E-state index in [4.69, 9.17) is 14.9 Å². The van der Waals surface area contributed by atoms with Crippen LogP contribution in [0.4, 0.5) is 0 Å². The zero-order valence-corrected chi connectivity index (χ0v) is 9.79. The lowest BCUT2D eigenvalue weighted by molar-refractivity contribution is 0.414. The Morgan fingerprint density at radius 2 is 2.12 bits per heavy atom. The highest BCUT2D eigenvalue weighted by molar-refractivity contribution is 5.85. The van der Waals surface area contributed by atoms with Gasteiger partial charge >= 0.3 is 0 Å². The third-order valence-electron chi connectivity index (χ3n) is 2.29. The normalized spacial score (nSPS) is 9.62. The largest absolute Gasteiger partial charge is 0.496 e. The van der Waals surface area contributed by atoms with Crippen LogP contribution >= 0.6 is 12.4 Å². The van der Waals surface area contributed by atoms with Gasteiger partial charge in [0.05, 0.1) is 18.9 Å². The Bertz CT molecular complexity index is 440. The molecule has 86 valence electrons. The van der Waals surface area contributed by atoms with Crippen LogP contribution in [-0.2, 0) is 6.54 Å². The zero-order valence-electron chi connectivity index (χ0n) is 8.97. The van der Waals surface area contributed by atoms with E-state index in [1.807, 2.05) is 30.3 Å². The average molecular weight is 240 g/mol. The molecule has 16 heavy (non-hydrogen) atoms. The number of hydrogen-bond acceptors (Lipinski definition) is 3. The second-order valence-electron chi connectivity index (χ2n) is 3.22. The highest BCUT2D eigenvalue weighted by atomic mass is 35.5. The van der Waals surface area contributed by atoms with E-state index < -0.39 is 0 Å². The number of benzene rings is 1. The van der Waals surface area contributed by atoms with Crippen LogP contribution in [0.15, 0.2) is 41.0 Å². The lowest BCUT2D eigenvalue weighted by Gasteiger charge is -2.07. The molecule has 0 fully saturated rings. The quantitative estimate of drug-likeness (QED) is 0.896. The lowest BCUT2D eigenvalue weighted by atomic mass is 10.1. The van der Waals surface area contributed by atoms with E-state index in [2.05, 4.69) is 0 Å². The number of rotatable bonds is 3. The van der Waals surface area contributed by atoms with E-state index in [0.717, 1.165) is 22.6 Å². The number of furan rings is 1. The van der Waals surface area contributed by atoms with E-state index in [-0.39, 0.29) is 12.4 Å². The summed E-state index contributed by atoms with van der Waals surface area (Å²) in [7, 11) is 1.64. The number of halogens is 1. The van der Waals surface area contributed by atoms with Crippen molar-refractivity contribution in [2.45, 2.75) is 6.54 Å². The molecule has 0 saturated carbocycles. The first-order valence-corrected chi connectivity index (χ1v) is 4.76. The molecular formula is C12H14ClNO2. The first-order chi connectivity index (χ1) is 7.35. The van der Waals surface area contributed by atoms with Crippen LogP contribution in [0.5, 0.6) is 5.75 Å². The van der Waals surface area contributed by atoms with Gasteiger partial charge in [-0.3, -0.25) is 0 Å². The first kappa shape index (κ1) is 12.6. The van der Waals surface area contributed by atoms with Gasteiger partial charge in [-0.2, -0.15) is 0 Å². The maximum atomic E-state index is 5.56. The average Bonchev–Trinajstić information content (AvgIpc) is 2.81. The summed E-state index contributed by atoms with van der Waals surface area (Å²) in [6.45, 7) is 0.509. The summed E-state index contributed by atoms with van der Waals surface area (Å²) in [6, 6.07) is 9.61. The van der Waals surface area contributed by atoms with Crippen LogP contribution in [0.25, 0.3) is 11.3 Å². The maximum Gasteiger partial charge on any atom is 0.137 e. The van der Waals surface area contributed by atoms with Crippen LogP contribution < -0.4 is 10.5 Å². The van der Waals surface area contributed by atoms with Gasteiger partial charge in [0.25, 0.3) is 0 Å². The number of ether oxygens (including phenoxy) is 1. The van der Waals surface area contributed by atoms with Crippen molar-refractivity contribution in [1.29, 1.82) is 0 Å². The third kappa shape index (κ3) is 2.38. The summed E-state index contributed by atoms with van der Waals surface area (Å²) >= 11 is 0. The Balaban J connectivity index is 0.00000128. The van der Waals surface area contributed by atoms with Crippen LogP contribution in [-0.4, -0.2) is 7.11 Å². The molecule has 0 saturated heterocycles. The van der Waals surface area contributed by atoms with Gasteiger partial charge in [0.1, 0.15) is 11.5 Å². The maximum absolute atomic E-state index is 5.56. The van der Waals surface area contributed by atoms with Crippen molar-refractivity contribution < 1.29 is 9.15 Å². The fourth-order valence-electron chi connectivity index (χ4n) is 1.50. The van der Waals surface area contributed by atoms with Gasteiger partial charge in [0, 0.05) is 6.54 Å². The second kappa shape index (κ2) is 5.58. The van der Waals surface area contributed by atoms with Crippen molar-refractivity contribution in [2.75, 3.05) is 7.11 Å². The van der Waals surface area contributed by atoms with Gasteiger partial charge in [-0.1, -0.05) is 6.07 Å². The lowest BCUT2D eigenvalue weighted by Crippen LogP contribution is -1.97. The fourth-order valence-corrected chi connectivity index (χ4v) is 1.50. The van der Waals surface area contributed by atoms with Crippen molar-refractivity contribution in [3.05, 3.63) is 42.2 Å². The summed E-state index contributed by atoms with van der Waals surface area (Å²) < 4.78 is 10.6. The Morgan fingerprint density at radius 1 is 1.31 bits per heavy atom. The number of hydrogen-bond donors (Lipinski definition) is 1. The van der Waals surface area contributed by atoms with E-state index in [1.165, 1.54) is 0 Å². The van der Waals surface area contributed by atoms with Gasteiger partial charge in [0.15, 0.2) is 0 Å². The third-order valence-corrected chi connectivity index (χ3v) is 2.29. The highest BCUT2D eigenvalue weighted by Crippen LogP contribution is 2.30. The van der Waals surface area contributed by atoms with Crippen LogP contribution in [0.2, 0.25) is 0 Å². The van der Waals surface area contributed by atoms with Crippen molar-refractivity contribution in [2.24, 2.45) is 5.73 Å². The molecule has 4 heteroatoms. The zero-order chi connectivity index (χ0) is 10.7. The van der Waals surface area contributed by atoms with E-state index in [1.54, 1.807) is 13.4 Å². The molecule has 2 aromatic rings. The summed E-state index contributed by atoms with van der Waals surface area (Å²) in [5, 5.41) is 0. The Hall–Kier alpha value is -1.45. The summed E-state index contributed by atoms with van der Waals surface area (Å²) in [4.78, 5) is 0. The van der Waals surface area contributed by atoms with E-state index in [0.29, 0.717) is 6.54 Å². The van der Waals surface area contributed by atoms with Crippen molar-refractivity contribution >= 4 is 12.4 Å². The molecule has 0 aliphatic rings. The molecule has 0 spiro atoms. The molecule has 2 rings (SSSR count). The highest BCUT2D eigenvalue weighted by Gasteiger charge is 2.08. The van der Waals surface area contributed by atoms with Gasteiger partial charge in [-0.25, -0.2) is 0 Å². The predicted molar refractivity (Wildman–Crippen MR) is 65.8 cm³/mol. The fraction of sp³-hybridized carbons (Fsp3) is 0.167. The minimum Gasteiger partial charge on any atom is -0.496 e. The summed E-state index contributed by atoms with van der Waals surface area (Å²) in [5.74, 6) is 1.59. The van der Waals surface area contributed by atoms with Crippen molar-refractivity contribution in [3.63, 3.8) is 0 Å². The molecule has 1 aromatic carbocycles. The van der Waals surface area contributed by atoms with Crippen LogP contribution in [0.1, 0.15) is 5.56 Å². The monoisotopic (exact) mass is 239 g/mol. The molecule has 0 radical (unpaired) electrons. The van der Waals surface area contributed by atoms with Crippen molar-refractivity contribution in [1.82, 2.24) is 0 Å². The molecule has 1 aromatic heterocycles. The van der Waals surface area contributed by atoms with Gasteiger partial charge in [0.2, 0.25) is 0 Å². The minimum atomic E-state index is 0. The topological polar surface area (TPSA) is 48.4 Å². The number of nitrogens with two attached hydrogens (primary N) is 1. The minimum absolute atomic E-state index is 0. The second-order valence-corrected chi connectivity index (χ2v) is 3.22. The van der Waals surface area contributed by atoms with Gasteiger partial charge < -0.3 is 14.9 Å². The van der Waals surface area contributed by atoms with Gasteiger partial charge in [-0.05, 0) is 29.8 Å². The van der Waals surface area contributed by atoms with Crippen molar-refractivity contribution in [3.8, 4) is 17.1 Å². The molecule has 0 bridgehead atoms. The molecule has 1 heterocycles. The smallest absolute Gasteiger partial charge is 0.137 e. The number of methoxy groups -OCH3 is 1. The SMILES string of the molecule is COc1cc(CN)ccc1-c1ccco1.Cl. The molecule has 2 N–H and O–H groups in total. The molecule has 0 aliphatic heterocycles.